The first kappa shape index (κ1) is 17.7. The minimum Gasteiger partial charge on any atom is -0.355 e. The zero-order valence-electron chi connectivity index (χ0n) is 12.2. The monoisotopic (exact) mass is 276 g/mol. The van der Waals surface area contributed by atoms with E-state index in [1.54, 1.807) is 0 Å². The Balaban J connectivity index is 0.00000289. The predicted molar refractivity (Wildman–Crippen MR) is 78.8 cm³/mol. The molecule has 1 saturated carbocycles. The Hall–Kier alpha value is -0.280. The molecule has 0 aliphatic heterocycles. The minimum absolute atomic E-state index is 0. The number of halogens is 1. The van der Waals surface area contributed by atoms with Crippen LogP contribution in [0.4, 0.5) is 0 Å². The van der Waals surface area contributed by atoms with Crippen LogP contribution in [0.2, 0.25) is 0 Å². The first-order valence-electron chi connectivity index (χ1n) is 6.75. The van der Waals surface area contributed by atoms with Gasteiger partial charge in [0, 0.05) is 13.1 Å². The highest BCUT2D eigenvalue weighted by Crippen LogP contribution is 2.37. The van der Waals surface area contributed by atoms with Crippen molar-refractivity contribution >= 4 is 18.3 Å². The standard InChI is InChI=1S/C14H28N2O.ClH/c1-13(2)7-5-11(6-8-13)9-16-12(17)14(3,4)10-15;/h11H,5-10,15H2,1-4H3,(H,16,17);1H. The molecule has 1 rings (SSSR count). The first-order chi connectivity index (χ1) is 7.77. The lowest BCUT2D eigenvalue weighted by Crippen LogP contribution is -2.43. The highest BCUT2D eigenvalue weighted by Gasteiger charge is 2.29. The van der Waals surface area contributed by atoms with Crippen molar-refractivity contribution in [2.75, 3.05) is 13.1 Å². The van der Waals surface area contributed by atoms with E-state index < -0.39 is 5.41 Å². The summed E-state index contributed by atoms with van der Waals surface area (Å²) in [5.74, 6) is 0.741. The second kappa shape index (κ2) is 6.76. The summed E-state index contributed by atoms with van der Waals surface area (Å²) in [7, 11) is 0. The zero-order chi connectivity index (χ0) is 13.1. The molecular formula is C14H29ClN2O. The van der Waals surface area contributed by atoms with Crippen molar-refractivity contribution in [2.45, 2.75) is 53.4 Å². The molecule has 1 amide bonds. The highest BCUT2D eigenvalue weighted by molar-refractivity contribution is 5.85. The zero-order valence-corrected chi connectivity index (χ0v) is 13.0. The number of nitrogens with one attached hydrogen (secondary N) is 1. The van der Waals surface area contributed by atoms with Crippen molar-refractivity contribution in [3.63, 3.8) is 0 Å². The molecule has 108 valence electrons. The quantitative estimate of drug-likeness (QED) is 0.830. The Kier molecular flexibility index (Phi) is 6.66. The fourth-order valence-electron chi connectivity index (χ4n) is 2.23. The van der Waals surface area contributed by atoms with Gasteiger partial charge in [0.2, 0.25) is 5.91 Å². The predicted octanol–water partition coefficient (Wildman–Crippen LogP) is 2.73. The Morgan fingerprint density at radius 1 is 1.33 bits per heavy atom. The summed E-state index contributed by atoms with van der Waals surface area (Å²) in [5, 5.41) is 3.05. The number of hydrogen-bond acceptors (Lipinski definition) is 2. The number of nitrogens with two attached hydrogens (primary N) is 1. The van der Waals surface area contributed by atoms with E-state index in [0.29, 0.717) is 17.9 Å². The molecule has 0 spiro atoms. The van der Waals surface area contributed by atoms with E-state index >= 15 is 0 Å². The molecular weight excluding hydrogens is 248 g/mol. The van der Waals surface area contributed by atoms with E-state index in [4.69, 9.17) is 5.73 Å². The summed E-state index contributed by atoms with van der Waals surface area (Å²) in [6.45, 7) is 9.67. The molecule has 0 aromatic rings. The van der Waals surface area contributed by atoms with Crippen LogP contribution in [-0.2, 0) is 4.79 Å². The average molecular weight is 277 g/mol. The fraction of sp³-hybridized carbons (Fsp3) is 0.929. The lowest BCUT2D eigenvalue weighted by atomic mass is 9.73. The second-order valence-electron chi connectivity index (χ2n) is 6.91. The Morgan fingerprint density at radius 2 is 1.83 bits per heavy atom. The van der Waals surface area contributed by atoms with E-state index in [1.165, 1.54) is 25.7 Å². The Morgan fingerprint density at radius 3 is 2.28 bits per heavy atom. The molecule has 1 fully saturated rings. The van der Waals surface area contributed by atoms with Crippen LogP contribution in [0.1, 0.15) is 53.4 Å². The van der Waals surface area contributed by atoms with E-state index in [1.807, 2.05) is 13.8 Å². The number of hydrogen-bond donors (Lipinski definition) is 2. The molecule has 18 heavy (non-hydrogen) atoms. The van der Waals surface area contributed by atoms with Crippen molar-refractivity contribution in [2.24, 2.45) is 22.5 Å². The molecule has 1 aliphatic carbocycles. The van der Waals surface area contributed by atoms with Gasteiger partial charge < -0.3 is 11.1 Å². The second-order valence-corrected chi connectivity index (χ2v) is 6.91. The van der Waals surface area contributed by atoms with Gasteiger partial charge in [0.05, 0.1) is 5.41 Å². The van der Waals surface area contributed by atoms with Crippen LogP contribution in [0.3, 0.4) is 0 Å². The van der Waals surface area contributed by atoms with Gasteiger partial charge in [0.15, 0.2) is 0 Å². The van der Waals surface area contributed by atoms with Gasteiger partial charge in [0.1, 0.15) is 0 Å². The number of carbonyl (C=O) groups excluding carboxylic acids is 1. The molecule has 0 unspecified atom stereocenters. The molecule has 3 nitrogen and oxygen atoms in total. The van der Waals surface area contributed by atoms with Gasteiger partial charge in [-0.2, -0.15) is 0 Å². The van der Waals surface area contributed by atoms with E-state index in [2.05, 4.69) is 19.2 Å². The average Bonchev–Trinajstić information content (AvgIpc) is 2.27. The molecule has 0 aromatic carbocycles. The maximum Gasteiger partial charge on any atom is 0.226 e. The fourth-order valence-corrected chi connectivity index (χ4v) is 2.23. The van der Waals surface area contributed by atoms with Gasteiger partial charge in [-0.1, -0.05) is 13.8 Å². The Bertz CT molecular complexity index is 267. The molecule has 0 bridgehead atoms. The molecule has 0 saturated heterocycles. The third kappa shape index (κ3) is 5.15. The van der Waals surface area contributed by atoms with Crippen LogP contribution in [-0.4, -0.2) is 19.0 Å². The van der Waals surface area contributed by atoms with Crippen molar-refractivity contribution in [1.29, 1.82) is 0 Å². The van der Waals surface area contributed by atoms with Gasteiger partial charge in [0.25, 0.3) is 0 Å². The maximum atomic E-state index is 11.9. The van der Waals surface area contributed by atoms with Crippen LogP contribution < -0.4 is 11.1 Å². The summed E-state index contributed by atoms with van der Waals surface area (Å²) in [6, 6.07) is 0. The van der Waals surface area contributed by atoms with Crippen LogP contribution in [0.5, 0.6) is 0 Å². The normalized spacial score (nSPS) is 20.1. The van der Waals surface area contributed by atoms with Crippen LogP contribution in [0.15, 0.2) is 0 Å². The molecule has 0 atom stereocenters. The summed E-state index contributed by atoms with van der Waals surface area (Å²) in [5.41, 5.74) is 5.65. The molecule has 0 heterocycles. The largest absolute Gasteiger partial charge is 0.355 e. The van der Waals surface area contributed by atoms with Gasteiger partial charge in [-0.25, -0.2) is 0 Å². The van der Waals surface area contributed by atoms with Crippen molar-refractivity contribution < 1.29 is 4.79 Å². The number of carbonyl (C=O) groups is 1. The number of rotatable bonds is 4. The van der Waals surface area contributed by atoms with Gasteiger partial charge in [-0.3, -0.25) is 4.79 Å². The highest BCUT2D eigenvalue weighted by atomic mass is 35.5. The lowest BCUT2D eigenvalue weighted by Gasteiger charge is -2.34. The van der Waals surface area contributed by atoms with Crippen molar-refractivity contribution in [3.8, 4) is 0 Å². The summed E-state index contributed by atoms with van der Waals surface area (Å²) < 4.78 is 0. The lowest BCUT2D eigenvalue weighted by molar-refractivity contribution is -0.129. The third-order valence-corrected chi connectivity index (χ3v) is 4.14. The van der Waals surface area contributed by atoms with Crippen LogP contribution in [0.25, 0.3) is 0 Å². The molecule has 3 N–H and O–H groups in total. The van der Waals surface area contributed by atoms with Crippen LogP contribution >= 0.6 is 12.4 Å². The smallest absolute Gasteiger partial charge is 0.226 e. The van der Waals surface area contributed by atoms with Gasteiger partial charge >= 0.3 is 0 Å². The van der Waals surface area contributed by atoms with E-state index in [9.17, 15) is 4.79 Å². The molecule has 4 heteroatoms. The minimum atomic E-state index is -0.437. The summed E-state index contributed by atoms with van der Waals surface area (Å²) in [4.78, 5) is 11.9. The summed E-state index contributed by atoms with van der Waals surface area (Å²) >= 11 is 0. The molecule has 0 radical (unpaired) electrons. The Labute approximate surface area is 118 Å². The third-order valence-electron chi connectivity index (χ3n) is 4.14. The number of amides is 1. The first-order valence-corrected chi connectivity index (χ1v) is 6.75. The molecule has 1 aliphatic rings. The topological polar surface area (TPSA) is 55.1 Å². The van der Waals surface area contributed by atoms with Crippen molar-refractivity contribution in [1.82, 2.24) is 5.32 Å². The van der Waals surface area contributed by atoms with Gasteiger partial charge in [-0.15, -0.1) is 12.4 Å². The van der Waals surface area contributed by atoms with E-state index in [-0.39, 0.29) is 18.3 Å². The van der Waals surface area contributed by atoms with Gasteiger partial charge in [-0.05, 0) is 50.9 Å². The van der Waals surface area contributed by atoms with Crippen LogP contribution in [0, 0.1) is 16.7 Å². The van der Waals surface area contributed by atoms with Crippen molar-refractivity contribution in [3.05, 3.63) is 0 Å². The summed E-state index contributed by atoms with van der Waals surface area (Å²) in [6.07, 6.45) is 5.01. The maximum absolute atomic E-state index is 11.9. The van der Waals surface area contributed by atoms with E-state index in [0.717, 1.165) is 6.54 Å². The SMILES string of the molecule is CC1(C)CCC(CNC(=O)C(C)(C)CN)CC1.Cl. The molecule has 0 aromatic heterocycles.